The summed E-state index contributed by atoms with van der Waals surface area (Å²) in [5.41, 5.74) is 5.13. The summed E-state index contributed by atoms with van der Waals surface area (Å²) in [7, 11) is 0. The minimum Gasteiger partial charge on any atom is -0.374 e. The van der Waals surface area contributed by atoms with E-state index in [1.807, 2.05) is 36.2 Å². The van der Waals surface area contributed by atoms with Gasteiger partial charge in [0.15, 0.2) is 0 Å². The third kappa shape index (κ3) is 5.82. The number of fused-ring (bicyclic) bond motifs is 1. The number of aliphatic hydroxyl groups is 2. The highest BCUT2D eigenvalue weighted by molar-refractivity contribution is 7.12. The zero-order chi connectivity index (χ0) is 25.5. The second-order valence-electron chi connectivity index (χ2n) is 10.8. The van der Waals surface area contributed by atoms with Crippen molar-refractivity contribution in [1.82, 2.24) is 15.1 Å². The Kier molecular flexibility index (Phi) is 8.08. The van der Waals surface area contributed by atoms with Gasteiger partial charge in [-0.15, -0.1) is 11.3 Å². The number of hydrogen-bond acceptors (Lipinski definition) is 6. The third-order valence-electron chi connectivity index (χ3n) is 8.02. The van der Waals surface area contributed by atoms with Crippen LogP contribution < -0.4 is 5.32 Å². The van der Waals surface area contributed by atoms with Crippen LogP contribution in [0.1, 0.15) is 80.0 Å². The van der Waals surface area contributed by atoms with Crippen molar-refractivity contribution in [3.8, 4) is 0 Å². The Morgan fingerprint density at radius 1 is 1.17 bits per heavy atom. The Balaban J connectivity index is 1.49. The lowest BCUT2D eigenvalue weighted by molar-refractivity contribution is -0.0232. The molecule has 3 atom stereocenters. The Morgan fingerprint density at radius 3 is 2.46 bits per heavy atom. The summed E-state index contributed by atoms with van der Waals surface area (Å²) in [4.78, 5) is 6.60. The van der Waals surface area contributed by atoms with Crippen LogP contribution in [0.2, 0.25) is 0 Å². The average Bonchev–Trinajstić information content (AvgIpc) is 3.09. The van der Waals surface area contributed by atoms with E-state index in [1.165, 1.54) is 15.3 Å². The number of nitrogens with zero attached hydrogens (tertiary/aromatic N) is 2. The molecule has 3 aliphatic rings. The van der Waals surface area contributed by atoms with Crippen molar-refractivity contribution in [2.75, 3.05) is 32.7 Å². The lowest BCUT2D eigenvalue weighted by Crippen LogP contribution is -2.42. The first-order valence-electron chi connectivity index (χ1n) is 12.9. The predicted molar refractivity (Wildman–Crippen MR) is 138 cm³/mol. The van der Waals surface area contributed by atoms with Crippen molar-refractivity contribution >= 4 is 11.3 Å². The van der Waals surface area contributed by atoms with Crippen molar-refractivity contribution < 1.29 is 19.0 Å². The Bertz CT molecular complexity index is 976. The zero-order valence-corrected chi connectivity index (χ0v) is 22.5. The minimum absolute atomic E-state index is 0.152. The highest BCUT2D eigenvalue weighted by Crippen LogP contribution is 2.46. The van der Waals surface area contributed by atoms with Crippen LogP contribution in [0.3, 0.4) is 0 Å². The molecular formula is C27H41F2N3O2S. The quantitative estimate of drug-likeness (QED) is 0.488. The number of nitrogens with one attached hydrogen (secondary N) is 1. The number of rotatable bonds is 7. The lowest BCUT2D eigenvalue weighted by atomic mass is 9.80. The zero-order valence-electron chi connectivity index (χ0n) is 21.7. The van der Waals surface area contributed by atoms with Gasteiger partial charge in [0.05, 0.1) is 6.54 Å². The van der Waals surface area contributed by atoms with Crippen LogP contribution in [-0.2, 0) is 6.42 Å². The summed E-state index contributed by atoms with van der Waals surface area (Å²) in [5.74, 6) is -1.76. The normalized spacial score (nSPS) is 25.9. The fourth-order valence-electron chi connectivity index (χ4n) is 6.25. The van der Waals surface area contributed by atoms with Crippen molar-refractivity contribution in [3.05, 3.63) is 43.8 Å². The summed E-state index contributed by atoms with van der Waals surface area (Å²) >= 11 is 1.85. The molecule has 3 unspecified atom stereocenters. The number of alkyl halides is 2. The van der Waals surface area contributed by atoms with Gasteiger partial charge < -0.3 is 15.5 Å². The summed E-state index contributed by atoms with van der Waals surface area (Å²) in [6.07, 6.45) is 4.42. The number of thiophene rings is 1. The van der Waals surface area contributed by atoms with Crippen molar-refractivity contribution in [3.63, 3.8) is 0 Å². The van der Waals surface area contributed by atoms with Gasteiger partial charge in [-0.1, -0.05) is 6.92 Å². The largest absolute Gasteiger partial charge is 0.374 e. The van der Waals surface area contributed by atoms with E-state index in [4.69, 9.17) is 0 Å². The smallest absolute Gasteiger partial charge is 0.257 e. The van der Waals surface area contributed by atoms with Gasteiger partial charge in [-0.25, -0.2) is 8.78 Å². The summed E-state index contributed by atoms with van der Waals surface area (Å²) in [6.45, 7) is 11.9. The molecule has 8 heteroatoms. The molecule has 0 spiro atoms. The number of halogens is 2. The van der Waals surface area contributed by atoms with E-state index in [1.54, 1.807) is 0 Å². The molecule has 4 rings (SSSR count). The maximum absolute atomic E-state index is 13.5. The Labute approximate surface area is 212 Å². The first-order valence-corrected chi connectivity index (χ1v) is 13.8. The maximum atomic E-state index is 13.5. The van der Waals surface area contributed by atoms with E-state index in [0.717, 1.165) is 74.6 Å². The van der Waals surface area contributed by atoms with E-state index < -0.39 is 18.4 Å². The fraction of sp³-hybridized carbons (Fsp3) is 0.704. The molecule has 4 heterocycles. The fourth-order valence-corrected chi connectivity index (χ4v) is 7.85. The van der Waals surface area contributed by atoms with E-state index in [2.05, 4.69) is 24.1 Å². The highest BCUT2D eigenvalue weighted by Gasteiger charge is 2.36. The van der Waals surface area contributed by atoms with Crippen molar-refractivity contribution in [1.29, 1.82) is 0 Å². The van der Waals surface area contributed by atoms with Crippen LogP contribution in [0.25, 0.3) is 0 Å². The number of hydrogen-bond donors (Lipinski definition) is 3. The van der Waals surface area contributed by atoms with Gasteiger partial charge in [0.1, 0.15) is 12.5 Å². The van der Waals surface area contributed by atoms with Gasteiger partial charge >= 0.3 is 0 Å². The first-order chi connectivity index (χ1) is 16.5. The molecule has 0 amide bonds. The topological polar surface area (TPSA) is 59.0 Å². The summed E-state index contributed by atoms with van der Waals surface area (Å²) in [5, 5.41) is 25.0. The summed E-state index contributed by atoms with van der Waals surface area (Å²) in [6, 6.07) is 0. The molecule has 0 aromatic carbocycles. The first kappa shape index (κ1) is 26.7. The second kappa shape index (κ2) is 10.6. The van der Waals surface area contributed by atoms with Crippen molar-refractivity contribution in [2.45, 2.75) is 84.6 Å². The molecule has 0 radical (unpaired) electrons. The minimum atomic E-state index is -2.64. The van der Waals surface area contributed by atoms with Gasteiger partial charge in [0.25, 0.3) is 5.92 Å². The number of aliphatic hydroxyl groups excluding tert-OH is 2. The standard InChI is InChI=1S/C27H41F2N3O2S/c1-6-20(19-7-10-31(11-8-19)15-27(5,28)29)24-18(4)23-22(35-24)9-12-32(26(23)34)14-21-16(2)13-17(3)30-25(21)33/h13,19-20,25-26,30,33-34H,6-12,14-15H2,1-5H3. The van der Waals surface area contributed by atoms with Crippen LogP contribution in [0.15, 0.2) is 22.9 Å². The molecule has 0 aliphatic carbocycles. The van der Waals surface area contributed by atoms with E-state index in [-0.39, 0.29) is 6.54 Å². The van der Waals surface area contributed by atoms with Crippen LogP contribution in [0.5, 0.6) is 0 Å². The number of likely N-dealkylation sites (tertiary alicyclic amines) is 1. The van der Waals surface area contributed by atoms with Gasteiger partial charge in [0, 0.05) is 41.0 Å². The van der Waals surface area contributed by atoms with E-state index in [9.17, 15) is 19.0 Å². The molecule has 35 heavy (non-hydrogen) atoms. The lowest BCUT2D eigenvalue weighted by Gasteiger charge is -2.37. The second-order valence-corrected chi connectivity index (χ2v) is 11.9. The molecule has 1 aromatic rings. The molecule has 3 N–H and O–H groups in total. The Morgan fingerprint density at radius 2 is 1.86 bits per heavy atom. The molecule has 1 fully saturated rings. The van der Waals surface area contributed by atoms with Crippen LogP contribution in [0.4, 0.5) is 8.78 Å². The molecule has 196 valence electrons. The predicted octanol–water partition coefficient (Wildman–Crippen LogP) is 4.91. The van der Waals surface area contributed by atoms with Gasteiger partial charge in [-0.3, -0.25) is 9.80 Å². The van der Waals surface area contributed by atoms with Crippen molar-refractivity contribution in [2.24, 2.45) is 5.92 Å². The molecule has 1 saturated heterocycles. The molecule has 3 aliphatic heterocycles. The van der Waals surface area contributed by atoms with E-state index in [0.29, 0.717) is 18.4 Å². The monoisotopic (exact) mass is 509 g/mol. The molecular weight excluding hydrogens is 468 g/mol. The molecule has 0 saturated carbocycles. The van der Waals surface area contributed by atoms with Crippen LogP contribution in [-0.4, -0.2) is 64.9 Å². The number of allylic oxidation sites excluding steroid dienone is 3. The average molecular weight is 510 g/mol. The summed E-state index contributed by atoms with van der Waals surface area (Å²) < 4.78 is 26.9. The van der Waals surface area contributed by atoms with Crippen LogP contribution in [0, 0.1) is 12.8 Å². The Hall–Kier alpha value is -1.32. The SMILES string of the molecule is CCC(c1sc2c(c1C)C(O)N(CC1=C(C)C=C(C)NC1O)CC2)C1CCN(CC(C)(F)F)CC1. The number of piperidine rings is 1. The van der Waals surface area contributed by atoms with Gasteiger partial charge in [0.2, 0.25) is 0 Å². The van der Waals surface area contributed by atoms with E-state index >= 15 is 0 Å². The molecule has 5 nitrogen and oxygen atoms in total. The highest BCUT2D eigenvalue weighted by atomic mass is 32.1. The van der Waals surface area contributed by atoms with Crippen LogP contribution >= 0.6 is 11.3 Å². The third-order valence-corrected chi connectivity index (χ3v) is 9.52. The number of dihydropyridines is 1. The molecule has 1 aromatic heterocycles. The van der Waals surface area contributed by atoms with Gasteiger partial charge in [-0.05, 0) is 94.2 Å². The maximum Gasteiger partial charge on any atom is 0.257 e. The molecule has 0 bridgehead atoms. The van der Waals surface area contributed by atoms with Gasteiger partial charge in [-0.2, -0.15) is 0 Å².